The Morgan fingerprint density at radius 3 is 2.40 bits per heavy atom. The summed E-state index contributed by atoms with van der Waals surface area (Å²) in [5.41, 5.74) is 6.65. The zero-order valence-corrected chi connectivity index (χ0v) is 12.8. The first-order chi connectivity index (χ1) is 9.36. The number of nitrogens with two attached hydrogens (primary N) is 1. The Morgan fingerprint density at radius 2 is 1.90 bits per heavy atom. The van der Waals surface area contributed by atoms with Crippen molar-refractivity contribution in [3.8, 4) is 0 Å². The van der Waals surface area contributed by atoms with Crippen LogP contribution in [0.5, 0.6) is 0 Å². The van der Waals surface area contributed by atoms with Crippen molar-refractivity contribution in [3.05, 3.63) is 35.9 Å². The lowest BCUT2D eigenvalue weighted by Crippen LogP contribution is -2.43. The number of rotatable bonds is 8. The maximum atomic E-state index is 12.3. The number of hydrogen-bond donors (Lipinski definition) is 2. The van der Waals surface area contributed by atoms with E-state index < -0.39 is 14.9 Å². The Morgan fingerprint density at radius 1 is 1.30 bits per heavy atom. The third-order valence-corrected chi connectivity index (χ3v) is 5.51. The second kappa shape index (κ2) is 7.17. The van der Waals surface area contributed by atoms with Crippen LogP contribution in [0.1, 0.15) is 31.7 Å². The van der Waals surface area contributed by atoms with E-state index in [4.69, 9.17) is 15.0 Å². The van der Waals surface area contributed by atoms with Crippen molar-refractivity contribution in [3.63, 3.8) is 0 Å². The topological polar surface area (TPSA) is 89.6 Å². The van der Waals surface area contributed by atoms with E-state index in [1.54, 1.807) is 13.8 Å². The lowest BCUT2D eigenvalue weighted by Gasteiger charge is -2.32. The second-order valence-corrected chi connectivity index (χ2v) is 7.35. The summed E-state index contributed by atoms with van der Waals surface area (Å²) in [6.07, 6.45) is 0.286. The molecule has 0 saturated carbocycles. The van der Waals surface area contributed by atoms with Gasteiger partial charge in [0.25, 0.3) is 10.1 Å². The van der Waals surface area contributed by atoms with Crippen molar-refractivity contribution >= 4 is 10.1 Å². The first-order valence-corrected chi connectivity index (χ1v) is 8.02. The molecule has 0 aliphatic rings. The number of benzene rings is 1. The lowest BCUT2D eigenvalue weighted by atomic mass is 9.88. The van der Waals surface area contributed by atoms with Gasteiger partial charge < -0.3 is 10.8 Å². The van der Waals surface area contributed by atoms with Crippen molar-refractivity contribution in [2.45, 2.75) is 30.9 Å². The standard InChI is InChI=1S/C14H23NO4S/c1-14(2,20(17,18)19-10-6-9-16)13(11-15)12-7-4-3-5-8-12/h3-5,7-8,13,16H,6,9-11,15H2,1-2H3. The molecule has 1 unspecified atom stereocenters. The van der Waals surface area contributed by atoms with Crippen LogP contribution in [0.4, 0.5) is 0 Å². The highest BCUT2D eigenvalue weighted by atomic mass is 32.2. The van der Waals surface area contributed by atoms with Gasteiger partial charge in [-0.2, -0.15) is 8.42 Å². The van der Waals surface area contributed by atoms with Crippen molar-refractivity contribution in [2.75, 3.05) is 19.8 Å². The number of hydrogen-bond acceptors (Lipinski definition) is 5. The summed E-state index contributed by atoms with van der Waals surface area (Å²) in [5.74, 6) is -0.358. The molecular formula is C14H23NO4S. The molecule has 3 N–H and O–H groups in total. The van der Waals surface area contributed by atoms with E-state index in [2.05, 4.69) is 0 Å². The molecule has 0 fully saturated rings. The van der Waals surface area contributed by atoms with Gasteiger partial charge in [0.2, 0.25) is 0 Å². The predicted molar refractivity (Wildman–Crippen MR) is 78.9 cm³/mol. The lowest BCUT2D eigenvalue weighted by molar-refractivity contribution is 0.230. The minimum Gasteiger partial charge on any atom is -0.396 e. The Bertz CT molecular complexity index is 499. The molecule has 1 atom stereocenters. The number of aliphatic hydroxyl groups is 1. The summed E-state index contributed by atoms with van der Waals surface area (Å²) in [5, 5.41) is 8.70. The van der Waals surface area contributed by atoms with Gasteiger partial charge in [0, 0.05) is 19.1 Å². The van der Waals surface area contributed by atoms with Gasteiger partial charge in [-0.3, -0.25) is 4.18 Å². The molecule has 1 aromatic rings. The normalized spacial score (nSPS) is 14.2. The van der Waals surface area contributed by atoms with Crippen LogP contribution >= 0.6 is 0 Å². The van der Waals surface area contributed by atoms with Gasteiger partial charge in [-0.25, -0.2) is 0 Å². The molecular weight excluding hydrogens is 278 g/mol. The van der Waals surface area contributed by atoms with Gasteiger partial charge >= 0.3 is 0 Å². The van der Waals surface area contributed by atoms with Crippen LogP contribution in [-0.4, -0.2) is 38.0 Å². The fraction of sp³-hybridized carbons (Fsp3) is 0.571. The minimum absolute atomic E-state index is 0.0195. The van der Waals surface area contributed by atoms with Crippen LogP contribution < -0.4 is 5.73 Å². The second-order valence-electron chi connectivity index (χ2n) is 5.16. The zero-order valence-electron chi connectivity index (χ0n) is 12.0. The Kier molecular flexibility index (Phi) is 6.13. The summed E-state index contributed by atoms with van der Waals surface area (Å²) in [7, 11) is -3.78. The molecule has 0 aliphatic heterocycles. The first kappa shape index (κ1) is 17.1. The summed E-state index contributed by atoms with van der Waals surface area (Å²) < 4.78 is 28.5. The van der Waals surface area contributed by atoms with Crippen molar-refractivity contribution in [1.82, 2.24) is 0 Å². The molecule has 1 rings (SSSR count). The summed E-state index contributed by atoms with van der Waals surface area (Å²) in [6, 6.07) is 9.31. The summed E-state index contributed by atoms with van der Waals surface area (Å²) in [4.78, 5) is 0. The molecule has 0 spiro atoms. The first-order valence-electron chi connectivity index (χ1n) is 6.61. The highest BCUT2D eigenvalue weighted by molar-refractivity contribution is 7.88. The van der Waals surface area contributed by atoms with Crippen LogP contribution in [0.15, 0.2) is 30.3 Å². The largest absolute Gasteiger partial charge is 0.396 e. The summed E-state index contributed by atoms with van der Waals surface area (Å²) in [6.45, 7) is 3.32. The molecule has 0 bridgehead atoms. The van der Waals surface area contributed by atoms with Gasteiger partial charge in [0.1, 0.15) is 0 Å². The third-order valence-electron chi connectivity index (χ3n) is 3.46. The van der Waals surface area contributed by atoms with Gasteiger partial charge in [0.15, 0.2) is 0 Å². The molecule has 20 heavy (non-hydrogen) atoms. The van der Waals surface area contributed by atoms with Crippen LogP contribution in [-0.2, 0) is 14.3 Å². The van der Waals surface area contributed by atoms with E-state index in [-0.39, 0.29) is 32.1 Å². The molecule has 1 aromatic carbocycles. The quantitative estimate of drug-likeness (QED) is 0.557. The van der Waals surface area contributed by atoms with Crippen LogP contribution in [0.2, 0.25) is 0 Å². The number of aliphatic hydroxyl groups excluding tert-OH is 1. The summed E-state index contributed by atoms with van der Waals surface area (Å²) >= 11 is 0. The molecule has 0 heterocycles. The minimum atomic E-state index is -3.78. The van der Waals surface area contributed by atoms with E-state index in [1.165, 1.54) is 0 Å². The Hall–Kier alpha value is -0.950. The fourth-order valence-electron chi connectivity index (χ4n) is 2.07. The molecule has 6 heteroatoms. The van der Waals surface area contributed by atoms with Gasteiger partial charge in [-0.1, -0.05) is 30.3 Å². The van der Waals surface area contributed by atoms with Crippen LogP contribution in [0, 0.1) is 0 Å². The van der Waals surface area contributed by atoms with Gasteiger partial charge in [0.05, 0.1) is 11.4 Å². The Balaban J connectivity index is 3.00. The van der Waals surface area contributed by atoms with Crippen LogP contribution in [0.25, 0.3) is 0 Å². The van der Waals surface area contributed by atoms with E-state index in [0.29, 0.717) is 0 Å². The van der Waals surface area contributed by atoms with E-state index in [1.807, 2.05) is 30.3 Å². The molecule has 0 radical (unpaired) electrons. The fourth-order valence-corrected chi connectivity index (χ4v) is 3.29. The average molecular weight is 301 g/mol. The van der Waals surface area contributed by atoms with Crippen LogP contribution in [0.3, 0.4) is 0 Å². The van der Waals surface area contributed by atoms with Gasteiger partial charge in [-0.05, 0) is 25.8 Å². The zero-order chi connectivity index (χ0) is 15.2. The predicted octanol–water partition coefficient (Wildman–Crippen LogP) is 1.24. The molecule has 0 aromatic heterocycles. The van der Waals surface area contributed by atoms with E-state index >= 15 is 0 Å². The molecule has 0 aliphatic carbocycles. The van der Waals surface area contributed by atoms with Crippen molar-refractivity contribution in [1.29, 1.82) is 0 Å². The highest BCUT2D eigenvalue weighted by Gasteiger charge is 2.42. The maximum Gasteiger partial charge on any atom is 0.273 e. The molecule has 114 valence electrons. The average Bonchev–Trinajstić information content (AvgIpc) is 2.40. The highest BCUT2D eigenvalue weighted by Crippen LogP contribution is 2.34. The van der Waals surface area contributed by atoms with E-state index in [0.717, 1.165) is 5.56 Å². The molecule has 0 saturated heterocycles. The molecule has 5 nitrogen and oxygen atoms in total. The van der Waals surface area contributed by atoms with Crippen molar-refractivity contribution < 1.29 is 17.7 Å². The monoisotopic (exact) mass is 301 g/mol. The third kappa shape index (κ3) is 3.79. The SMILES string of the molecule is CC(C)(C(CN)c1ccccc1)S(=O)(=O)OCCCO. The van der Waals surface area contributed by atoms with E-state index in [9.17, 15) is 8.42 Å². The maximum absolute atomic E-state index is 12.3. The van der Waals surface area contributed by atoms with Gasteiger partial charge in [-0.15, -0.1) is 0 Å². The Labute approximate surface area is 120 Å². The van der Waals surface area contributed by atoms with Crippen molar-refractivity contribution in [2.24, 2.45) is 5.73 Å². The smallest absolute Gasteiger partial charge is 0.273 e. The molecule has 0 amide bonds.